The number of carbonyl (C=O) groups is 1. The minimum atomic E-state index is -2.95. The highest BCUT2D eigenvalue weighted by Crippen LogP contribution is 2.42. The molecule has 0 unspecified atom stereocenters. The predicted octanol–water partition coefficient (Wildman–Crippen LogP) is 7.64. The van der Waals surface area contributed by atoms with Crippen LogP contribution in [0.1, 0.15) is 50.8 Å². The van der Waals surface area contributed by atoms with E-state index in [1.807, 2.05) is 71.8 Å². The highest BCUT2D eigenvalue weighted by molar-refractivity contribution is 6.99. The van der Waals surface area contributed by atoms with E-state index in [1.54, 1.807) is 0 Å². The van der Waals surface area contributed by atoms with E-state index in [0.717, 1.165) is 27.1 Å². The van der Waals surface area contributed by atoms with Crippen LogP contribution >= 0.6 is 0 Å². The molecule has 298 valence electrons. The van der Waals surface area contributed by atoms with Crippen LogP contribution in [0, 0.1) is 0 Å². The number of ether oxygens (including phenoxy) is 4. The van der Waals surface area contributed by atoms with Gasteiger partial charge in [0, 0.05) is 6.92 Å². The fourth-order valence-corrected chi connectivity index (χ4v) is 13.0. The van der Waals surface area contributed by atoms with Crippen molar-refractivity contribution in [3.63, 3.8) is 0 Å². The van der Waals surface area contributed by atoms with Gasteiger partial charge in [0.2, 0.25) is 0 Å². The lowest BCUT2D eigenvalue weighted by atomic mass is 10.00. The zero-order valence-electron chi connectivity index (χ0n) is 33.4. The number of esters is 1. The molecule has 0 N–H and O–H groups in total. The lowest BCUT2D eigenvalue weighted by Gasteiger charge is -2.44. The molecular weight excluding hydrogens is 731 g/mol. The van der Waals surface area contributed by atoms with Crippen molar-refractivity contribution in [2.24, 2.45) is 0 Å². The average Bonchev–Trinajstić information content (AvgIpc) is 3.77. The van der Waals surface area contributed by atoms with Crippen molar-refractivity contribution < 1.29 is 33.0 Å². The van der Waals surface area contributed by atoms with Gasteiger partial charge in [-0.3, -0.25) is 9.63 Å². The van der Waals surface area contributed by atoms with Gasteiger partial charge in [0.25, 0.3) is 8.32 Å². The third kappa shape index (κ3) is 9.64. The van der Waals surface area contributed by atoms with E-state index in [-0.39, 0.29) is 41.9 Å². The normalized spacial score (nSPS) is 21.6. The van der Waals surface area contributed by atoms with Crippen LogP contribution < -0.4 is 10.4 Å². The molecule has 2 aliphatic heterocycles. The van der Waals surface area contributed by atoms with Gasteiger partial charge in [-0.1, -0.05) is 172 Å². The van der Waals surface area contributed by atoms with E-state index in [9.17, 15) is 4.79 Å². The molecule has 0 aliphatic carbocycles. The molecule has 0 radical (unpaired) electrons. The molecule has 0 aromatic heterocycles. The molecular formula is C48H55NO7Si. The summed E-state index contributed by atoms with van der Waals surface area (Å²) in [5.41, 5.74) is 3.23. The maximum atomic E-state index is 12.9. The number of benzene rings is 5. The Hall–Kier alpha value is -4.45. The Morgan fingerprint density at radius 1 is 0.684 bits per heavy atom. The first kappa shape index (κ1) is 40.7. The number of hydrogen-bond acceptors (Lipinski definition) is 8. The molecule has 5 aromatic rings. The predicted molar refractivity (Wildman–Crippen MR) is 224 cm³/mol. The van der Waals surface area contributed by atoms with Crippen LogP contribution in [0.2, 0.25) is 5.04 Å². The van der Waals surface area contributed by atoms with Crippen molar-refractivity contribution in [1.29, 1.82) is 0 Å². The standard InChI is InChI=1S/C48H55NO7Si/c1-36(50)55-45(35-54-57(48(2,3)4,40-26-16-8-17-27-40)41-28-18-9-19-29-41)44-30-42-46(52-32-38-22-12-6-13-23-38)47(53-33-39-24-14-7-15-25-39)43(49(42)56-44)34-51-31-37-20-10-5-11-21-37/h5-29,42-47H,30-35H2,1-4H3/t42-,43-,44-,45-,46-,47-/m1/s1. The zero-order valence-corrected chi connectivity index (χ0v) is 34.4. The van der Waals surface area contributed by atoms with Gasteiger partial charge in [0.05, 0.1) is 45.1 Å². The van der Waals surface area contributed by atoms with E-state index in [0.29, 0.717) is 32.8 Å². The largest absolute Gasteiger partial charge is 0.457 e. The second-order valence-electron chi connectivity index (χ2n) is 16.0. The second kappa shape index (κ2) is 18.9. The van der Waals surface area contributed by atoms with E-state index in [1.165, 1.54) is 6.92 Å². The summed E-state index contributed by atoms with van der Waals surface area (Å²) >= 11 is 0. The molecule has 0 bridgehead atoms. The van der Waals surface area contributed by atoms with Gasteiger partial charge in [-0.2, -0.15) is 5.06 Å². The highest BCUT2D eigenvalue weighted by Gasteiger charge is 2.58. The minimum absolute atomic E-state index is 0.163. The number of hydroxylamine groups is 2. The quantitative estimate of drug-likeness (QED) is 0.0704. The second-order valence-corrected chi connectivity index (χ2v) is 20.3. The summed E-state index contributed by atoms with van der Waals surface area (Å²) in [6, 6.07) is 51.0. The number of rotatable bonds is 17. The first-order valence-corrected chi connectivity index (χ1v) is 21.9. The Labute approximate surface area is 338 Å². The number of carbonyl (C=O) groups excluding carboxylic acids is 1. The van der Waals surface area contributed by atoms with Crippen LogP contribution in [-0.4, -0.2) is 69.1 Å². The van der Waals surface area contributed by atoms with E-state index in [4.69, 9.17) is 28.2 Å². The average molecular weight is 786 g/mol. The van der Waals surface area contributed by atoms with Crippen LogP contribution in [0.25, 0.3) is 0 Å². The third-order valence-electron chi connectivity index (χ3n) is 11.1. The molecule has 8 nitrogen and oxygen atoms in total. The van der Waals surface area contributed by atoms with Crippen molar-refractivity contribution in [1.82, 2.24) is 5.06 Å². The molecule has 0 amide bonds. The summed E-state index contributed by atoms with van der Waals surface area (Å²) in [5, 5.41) is 4.07. The maximum Gasteiger partial charge on any atom is 0.303 e. The molecule has 2 heterocycles. The molecule has 2 saturated heterocycles. The van der Waals surface area contributed by atoms with Crippen LogP contribution in [-0.2, 0) is 52.8 Å². The first-order valence-electron chi connectivity index (χ1n) is 20.0. The number of nitrogens with zero attached hydrogens (tertiary/aromatic N) is 1. The van der Waals surface area contributed by atoms with E-state index < -0.39 is 20.5 Å². The Kier molecular flexibility index (Phi) is 13.5. The van der Waals surface area contributed by atoms with Crippen LogP contribution in [0.3, 0.4) is 0 Å². The van der Waals surface area contributed by atoms with Crippen LogP contribution in [0.4, 0.5) is 0 Å². The van der Waals surface area contributed by atoms with Gasteiger partial charge in [0.1, 0.15) is 18.3 Å². The lowest BCUT2D eigenvalue weighted by Crippen LogP contribution is -2.67. The van der Waals surface area contributed by atoms with Gasteiger partial charge in [0.15, 0.2) is 6.10 Å². The maximum absolute atomic E-state index is 12.9. The van der Waals surface area contributed by atoms with E-state index >= 15 is 0 Å². The van der Waals surface area contributed by atoms with E-state index in [2.05, 4.69) is 106 Å². The number of fused-ring (bicyclic) bond motifs is 1. The fourth-order valence-electron chi connectivity index (χ4n) is 8.41. The zero-order chi connectivity index (χ0) is 39.7. The van der Waals surface area contributed by atoms with Gasteiger partial charge in [-0.05, 0) is 38.5 Å². The van der Waals surface area contributed by atoms with Crippen molar-refractivity contribution in [2.45, 2.75) is 95.5 Å². The van der Waals surface area contributed by atoms with Gasteiger partial charge < -0.3 is 23.4 Å². The number of hydrogen-bond donors (Lipinski definition) is 0. The van der Waals surface area contributed by atoms with Crippen molar-refractivity contribution in [3.8, 4) is 0 Å². The Bertz CT molecular complexity index is 1920. The van der Waals surface area contributed by atoms with Gasteiger partial charge >= 0.3 is 5.97 Å². The fraction of sp³-hybridized carbons (Fsp3) is 0.354. The van der Waals surface area contributed by atoms with Crippen molar-refractivity contribution >= 4 is 24.7 Å². The monoisotopic (exact) mass is 785 g/mol. The Morgan fingerprint density at radius 2 is 1.14 bits per heavy atom. The van der Waals surface area contributed by atoms with Crippen LogP contribution in [0.15, 0.2) is 152 Å². The third-order valence-corrected chi connectivity index (χ3v) is 16.1. The molecule has 2 fully saturated rings. The topological polar surface area (TPSA) is 75.7 Å². The smallest absolute Gasteiger partial charge is 0.303 e. The molecule has 9 heteroatoms. The molecule has 7 rings (SSSR count). The lowest BCUT2D eigenvalue weighted by molar-refractivity contribution is -0.220. The van der Waals surface area contributed by atoms with Crippen LogP contribution in [0.5, 0.6) is 0 Å². The Balaban J connectivity index is 1.19. The molecule has 2 aliphatic rings. The van der Waals surface area contributed by atoms with Gasteiger partial charge in [-0.15, -0.1) is 0 Å². The molecule has 6 atom stereocenters. The molecule has 0 spiro atoms. The molecule has 5 aromatic carbocycles. The summed E-state index contributed by atoms with van der Waals surface area (Å²) in [7, 11) is -2.95. The SMILES string of the molecule is CC(=O)O[C@H](CO[Si](c1ccccc1)(c1ccccc1)C(C)(C)C)[C@H]1C[C@@H]2[C@@H](OCc3ccccc3)[C@H](OCc3ccccc3)[C@@H](COCc3ccccc3)N2O1. The summed E-state index contributed by atoms with van der Waals surface area (Å²) in [4.78, 5) is 19.8. The summed E-state index contributed by atoms with van der Waals surface area (Å²) in [6.07, 6.45) is -1.36. The summed E-state index contributed by atoms with van der Waals surface area (Å²) < 4.78 is 33.6. The molecule has 57 heavy (non-hydrogen) atoms. The highest BCUT2D eigenvalue weighted by atomic mass is 28.4. The van der Waals surface area contributed by atoms with Gasteiger partial charge in [-0.25, -0.2) is 0 Å². The first-order chi connectivity index (χ1) is 27.7. The molecule has 0 saturated carbocycles. The summed E-state index contributed by atoms with van der Waals surface area (Å²) in [6.45, 7) is 9.96. The summed E-state index contributed by atoms with van der Waals surface area (Å²) in [5.74, 6) is -0.384. The van der Waals surface area contributed by atoms with Crippen molar-refractivity contribution in [3.05, 3.63) is 168 Å². The minimum Gasteiger partial charge on any atom is -0.457 e. The Morgan fingerprint density at radius 3 is 1.61 bits per heavy atom. The van der Waals surface area contributed by atoms with Crippen molar-refractivity contribution in [2.75, 3.05) is 13.2 Å².